The number of aromatic nitrogens is 3. The predicted octanol–water partition coefficient (Wildman–Crippen LogP) is 4.18. The van der Waals surface area contributed by atoms with Crippen LogP contribution in [0, 0.1) is 5.41 Å². The monoisotopic (exact) mass is 455 g/mol. The van der Waals surface area contributed by atoms with Crippen molar-refractivity contribution in [3.63, 3.8) is 0 Å². The first kappa shape index (κ1) is 23.1. The van der Waals surface area contributed by atoms with Gasteiger partial charge in [0.15, 0.2) is 5.82 Å². The second-order valence-corrected chi connectivity index (χ2v) is 9.69. The molecule has 0 bridgehead atoms. The number of pyridine rings is 1. The second-order valence-electron chi connectivity index (χ2n) is 9.69. The van der Waals surface area contributed by atoms with Crippen molar-refractivity contribution in [1.82, 2.24) is 19.4 Å². The zero-order valence-electron chi connectivity index (χ0n) is 20.0. The summed E-state index contributed by atoms with van der Waals surface area (Å²) in [5.74, 6) is 1.85. The Morgan fingerprint density at radius 1 is 1.30 bits per heavy atom. The number of hydrogen-bond donors (Lipinski definition) is 2. The molecule has 0 aliphatic carbocycles. The molecule has 1 saturated heterocycles. The van der Waals surface area contributed by atoms with Crippen LogP contribution in [0.25, 0.3) is 21.9 Å². The Kier molecular flexibility index (Phi) is 6.09. The Balaban J connectivity index is 1.75. The molecule has 1 aromatic carbocycles. The molecule has 2 unspecified atom stereocenters. The highest BCUT2D eigenvalue weighted by molar-refractivity contribution is 6.09. The summed E-state index contributed by atoms with van der Waals surface area (Å²) in [4.78, 5) is 22.6. The Labute approximate surface area is 193 Å². The van der Waals surface area contributed by atoms with Crippen molar-refractivity contribution in [3.05, 3.63) is 24.0 Å². The van der Waals surface area contributed by atoms with Gasteiger partial charge in [0.25, 0.3) is 0 Å². The standard InChI is InChI=1S/C24H33N5O4/c1-6-32-13-18-27-20-21(28(18)5)19-15(26-22(20)25)8-7-9-16(19)33-14-10-11-29(23(30)31)17(12-14)24(2,3)4/h7-9,14,17H,6,10-13H2,1-5H3,(H2,25,26)(H,30,31). The summed E-state index contributed by atoms with van der Waals surface area (Å²) in [6.07, 6.45) is 0.260. The Bertz CT molecular complexity index is 1180. The van der Waals surface area contributed by atoms with Crippen LogP contribution in [0.2, 0.25) is 0 Å². The number of ether oxygens (including phenoxy) is 2. The van der Waals surface area contributed by atoms with Gasteiger partial charge < -0.3 is 29.8 Å². The van der Waals surface area contributed by atoms with E-state index >= 15 is 0 Å². The number of anilines is 1. The fourth-order valence-corrected chi connectivity index (χ4v) is 4.73. The number of aryl methyl sites for hydroxylation is 1. The molecule has 9 heteroatoms. The number of imidazole rings is 1. The molecule has 33 heavy (non-hydrogen) atoms. The molecule has 3 aromatic rings. The molecule has 1 aliphatic rings. The molecule has 3 N–H and O–H groups in total. The molecular formula is C24H33N5O4. The molecule has 0 saturated carbocycles. The van der Waals surface area contributed by atoms with Gasteiger partial charge in [-0.25, -0.2) is 14.8 Å². The predicted molar refractivity (Wildman–Crippen MR) is 127 cm³/mol. The fraction of sp³-hybridized carbons (Fsp3) is 0.542. The van der Waals surface area contributed by atoms with Crippen molar-refractivity contribution in [1.29, 1.82) is 0 Å². The van der Waals surface area contributed by atoms with E-state index in [0.717, 1.165) is 22.2 Å². The summed E-state index contributed by atoms with van der Waals surface area (Å²) in [7, 11) is 1.94. The van der Waals surface area contributed by atoms with Crippen LogP contribution in [-0.2, 0) is 18.4 Å². The van der Waals surface area contributed by atoms with Gasteiger partial charge in [0.05, 0.1) is 16.4 Å². The maximum atomic E-state index is 11.8. The molecule has 1 amide bonds. The van der Waals surface area contributed by atoms with Crippen LogP contribution >= 0.6 is 0 Å². The van der Waals surface area contributed by atoms with Crippen molar-refractivity contribution in [2.24, 2.45) is 12.5 Å². The fourth-order valence-electron chi connectivity index (χ4n) is 4.73. The van der Waals surface area contributed by atoms with E-state index in [2.05, 4.69) is 30.7 Å². The van der Waals surface area contributed by atoms with Crippen LogP contribution < -0.4 is 10.5 Å². The Morgan fingerprint density at radius 3 is 2.73 bits per heavy atom. The molecule has 1 aliphatic heterocycles. The summed E-state index contributed by atoms with van der Waals surface area (Å²) < 4.78 is 14.1. The van der Waals surface area contributed by atoms with E-state index in [9.17, 15) is 9.90 Å². The SMILES string of the molecule is CCOCc1nc2c(N)nc3cccc(OC4CCN(C(=O)O)C(C(C)(C)C)C4)c3c2n1C. The zero-order chi connectivity index (χ0) is 23.9. The van der Waals surface area contributed by atoms with Crippen LogP contribution in [-0.4, -0.2) is 55.9 Å². The second kappa shape index (κ2) is 8.70. The number of nitrogen functional groups attached to an aromatic ring is 1. The van der Waals surface area contributed by atoms with Crippen molar-refractivity contribution in [3.8, 4) is 5.75 Å². The van der Waals surface area contributed by atoms with Gasteiger partial charge in [0.2, 0.25) is 0 Å². The summed E-state index contributed by atoms with van der Waals surface area (Å²) in [6, 6.07) is 5.62. The zero-order valence-corrected chi connectivity index (χ0v) is 20.0. The first-order valence-electron chi connectivity index (χ1n) is 11.4. The summed E-state index contributed by atoms with van der Waals surface area (Å²) >= 11 is 0. The van der Waals surface area contributed by atoms with Gasteiger partial charge in [-0.2, -0.15) is 0 Å². The summed E-state index contributed by atoms with van der Waals surface area (Å²) in [6.45, 7) is 9.57. The third-order valence-electron chi connectivity index (χ3n) is 6.44. The molecule has 4 rings (SSSR count). The van der Waals surface area contributed by atoms with Crippen LogP contribution in [0.3, 0.4) is 0 Å². The van der Waals surface area contributed by atoms with Crippen molar-refractivity contribution in [2.75, 3.05) is 18.9 Å². The normalized spacial score (nSPS) is 19.4. The lowest BCUT2D eigenvalue weighted by molar-refractivity contribution is 0.0135. The topological polar surface area (TPSA) is 116 Å². The number of carboxylic acid groups (broad SMARTS) is 1. The van der Waals surface area contributed by atoms with E-state index in [4.69, 9.17) is 15.2 Å². The van der Waals surface area contributed by atoms with Gasteiger partial charge in [0.1, 0.15) is 29.8 Å². The highest BCUT2D eigenvalue weighted by Crippen LogP contribution is 2.38. The van der Waals surface area contributed by atoms with E-state index in [1.165, 1.54) is 0 Å². The third-order valence-corrected chi connectivity index (χ3v) is 6.44. The van der Waals surface area contributed by atoms with E-state index in [0.29, 0.717) is 49.7 Å². The van der Waals surface area contributed by atoms with Gasteiger partial charge >= 0.3 is 6.09 Å². The van der Waals surface area contributed by atoms with Crippen molar-refractivity contribution < 1.29 is 19.4 Å². The molecule has 2 atom stereocenters. The molecule has 0 radical (unpaired) electrons. The summed E-state index contributed by atoms with van der Waals surface area (Å²) in [5, 5.41) is 10.5. The van der Waals surface area contributed by atoms with Gasteiger partial charge in [-0.1, -0.05) is 26.8 Å². The van der Waals surface area contributed by atoms with Gasteiger partial charge in [0, 0.05) is 39.1 Å². The number of fused-ring (bicyclic) bond motifs is 3. The lowest BCUT2D eigenvalue weighted by atomic mass is 9.80. The lowest BCUT2D eigenvalue weighted by Crippen LogP contribution is -2.53. The maximum absolute atomic E-state index is 11.8. The lowest BCUT2D eigenvalue weighted by Gasteiger charge is -2.44. The van der Waals surface area contributed by atoms with Gasteiger partial charge in [-0.15, -0.1) is 0 Å². The van der Waals surface area contributed by atoms with E-state index in [-0.39, 0.29) is 17.6 Å². The minimum absolute atomic E-state index is 0.112. The molecule has 0 spiro atoms. The maximum Gasteiger partial charge on any atom is 0.407 e. The largest absolute Gasteiger partial charge is 0.489 e. The Morgan fingerprint density at radius 2 is 2.06 bits per heavy atom. The van der Waals surface area contributed by atoms with Gasteiger partial charge in [-0.3, -0.25) is 0 Å². The number of rotatable bonds is 5. The number of carbonyl (C=O) groups is 1. The summed E-state index contributed by atoms with van der Waals surface area (Å²) in [5.41, 5.74) is 8.27. The smallest absolute Gasteiger partial charge is 0.407 e. The number of nitrogens with two attached hydrogens (primary N) is 1. The van der Waals surface area contributed by atoms with Crippen LogP contribution in [0.1, 0.15) is 46.4 Å². The molecular weight excluding hydrogens is 422 g/mol. The van der Waals surface area contributed by atoms with Crippen LogP contribution in [0.4, 0.5) is 10.6 Å². The average molecular weight is 456 g/mol. The Hall–Kier alpha value is -3.07. The minimum Gasteiger partial charge on any atom is -0.489 e. The molecule has 2 aromatic heterocycles. The average Bonchev–Trinajstić information content (AvgIpc) is 3.08. The van der Waals surface area contributed by atoms with Crippen LogP contribution in [0.5, 0.6) is 5.75 Å². The highest BCUT2D eigenvalue weighted by Gasteiger charge is 2.39. The van der Waals surface area contributed by atoms with Gasteiger partial charge in [-0.05, 0) is 24.5 Å². The number of hydrogen-bond acceptors (Lipinski definition) is 6. The van der Waals surface area contributed by atoms with Crippen molar-refractivity contribution in [2.45, 2.75) is 59.3 Å². The first-order valence-corrected chi connectivity index (χ1v) is 11.4. The van der Waals surface area contributed by atoms with Crippen LogP contribution in [0.15, 0.2) is 18.2 Å². The van der Waals surface area contributed by atoms with E-state index in [1.54, 1.807) is 4.90 Å². The van der Waals surface area contributed by atoms with Crippen molar-refractivity contribution >= 4 is 33.8 Å². The molecule has 3 heterocycles. The third kappa shape index (κ3) is 4.29. The highest BCUT2D eigenvalue weighted by atomic mass is 16.5. The number of amides is 1. The number of likely N-dealkylation sites (tertiary alicyclic amines) is 1. The molecule has 1 fully saturated rings. The molecule has 9 nitrogen and oxygen atoms in total. The number of benzene rings is 1. The first-order chi connectivity index (χ1) is 15.6. The quantitative estimate of drug-likeness (QED) is 0.593. The number of nitrogens with zero attached hydrogens (tertiary/aromatic N) is 4. The molecule has 178 valence electrons. The minimum atomic E-state index is -0.878. The van der Waals surface area contributed by atoms with E-state index in [1.807, 2.05) is 36.7 Å². The van der Waals surface area contributed by atoms with E-state index < -0.39 is 6.09 Å². The number of piperidine rings is 1.